The number of carbonyl (C=O) groups is 1. The van der Waals surface area contributed by atoms with Crippen molar-refractivity contribution in [1.29, 1.82) is 0 Å². The molecule has 20 heavy (non-hydrogen) atoms. The van der Waals surface area contributed by atoms with Gasteiger partial charge in [-0.05, 0) is 37.6 Å². The van der Waals surface area contributed by atoms with E-state index in [0.29, 0.717) is 5.56 Å². The lowest BCUT2D eigenvalue weighted by atomic mass is 10.1. The molecule has 1 aromatic carbocycles. The largest absolute Gasteiger partial charge is 0.478 e. The second kappa shape index (κ2) is 6.17. The molecular formula is C13H17NO5S. The van der Waals surface area contributed by atoms with Crippen molar-refractivity contribution in [2.45, 2.75) is 24.3 Å². The van der Waals surface area contributed by atoms with Crippen LogP contribution >= 0.6 is 0 Å². The van der Waals surface area contributed by atoms with E-state index in [1.54, 1.807) is 0 Å². The van der Waals surface area contributed by atoms with Crippen molar-refractivity contribution < 1.29 is 23.4 Å². The van der Waals surface area contributed by atoms with Gasteiger partial charge in [0.05, 0.1) is 10.5 Å². The van der Waals surface area contributed by atoms with Crippen LogP contribution in [0.4, 0.5) is 0 Å². The van der Waals surface area contributed by atoms with Gasteiger partial charge in [0.2, 0.25) is 10.0 Å². The van der Waals surface area contributed by atoms with Crippen LogP contribution in [0.2, 0.25) is 0 Å². The van der Waals surface area contributed by atoms with Crippen LogP contribution in [0.15, 0.2) is 35.2 Å². The van der Waals surface area contributed by atoms with Gasteiger partial charge in [0, 0.05) is 12.6 Å². The number of hydrogen-bond donors (Lipinski definition) is 3. The van der Waals surface area contributed by atoms with E-state index in [1.807, 2.05) is 0 Å². The van der Waals surface area contributed by atoms with Crippen LogP contribution in [0.1, 0.15) is 19.4 Å². The highest BCUT2D eigenvalue weighted by molar-refractivity contribution is 7.89. The van der Waals surface area contributed by atoms with Gasteiger partial charge in [0.1, 0.15) is 0 Å². The molecule has 6 nitrogen and oxygen atoms in total. The first-order valence-corrected chi connectivity index (χ1v) is 7.32. The molecule has 0 bridgehead atoms. The fraction of sp³-hybridized carbons (Fsp3) is 0.308. The molecule has 0 radical (unpaired) electrons. The average Bonchev–Trinajstić information content (AvgIpc) is 2.34. The highest BCUT2D eigenvalue weighted by Crippen LogP contribution is 2.12. The van der Waals surface area contributed by atoms with E-state index in [4.69, 9.17) is 5.11 Å². The Balaban J connectivity index is 2.84. The van der Waals surface area contributed by atoms with Gasteiger partial charge in [-0.25, -0.2) is 17.9 Å². The summed E-state index contributed by atoms with van der Waals surface area (Å²) in [6.45, 7) is 2.89. The zero-order chi connectivity index (χ0) is 15.4. The molecule has 0 heterocycles. The molecule has 1 rings (SSSR count). The number of aliphatic hydroxyl groups is 1. The molecule has 0 aromatic heterocycles. The summed E-state index contributed by atoms with van der Waals surface area (Å²) in [5, 5.41) is 18.0. The van der Waals surface area contributed by atoms with Crippen molar-refractivity contribution in [2.24, 2.45) is 0 Å². The quantitative estimate of drug-likeness (QED) is 0.675. The average molecular weight is 299 g/mol. The minimum Gasteiger partial charge on any atom is -0.478 e. The molecule has 0 saturated heterocycles. The Hall–Kier alpha value is -1.70. The van der Waals surface area contributed by atoms with Crippen molar-refractivity contribution in [3.05, 3.63) is 35.9 Å². The van der Waals surface area contributed by atoms with E-state index < -0.39 is 21.6 Å². The number of hydrogen-bond acceptors (Lipinski definition) is 4. The van der Waals surface area contributed by atoms with Gasteiger partial charge >= 0.3 is 5.97 Å². The highest BCUT2D eigenvalue weighted by atomic mass is 32.2. The maximum atomic E-state index is 11.9. The molecule has 0 spiro atoms. The van der Waals surface area contributed by atoms with Crippen LogP contribution in [0.3, 0.4) is 0 Å². The van der Waals surface area contributed by atoms with Gasteiger partial charge in [-0.2, -0.15) is 0 Å². The van der Waals surface area contributed by atoms with E-state index in [-0.39, 0.29) is 11.4 Å². The highest BCUT2D eigenvalue weighted by Gasteiger charge is 2.19. The van der Waals surface area contributed by atoms with Crippen molar-refractivity contribution >= 4 is 22.1 Å². The molecular weight excluding hydrogens is 282 g/mol. The summed E-state index contributed by atoms with van der Waals surface area (Å²) in [6, 6.07) is 5.73. The Morgan fingerprint density at radius 1 is 1.30 bits per heavy atom. The second-order valence-corrected chi connectivity index (χ2v) is 6.64. The lowest BCUT2D eigenvalue weighted by Gasteiger charge is -2.17. The van der Waals surface area contributed by atoms with Crippen molar-refractivity contribution in [3.8, 4) is 0 Å². The Kier molecular flexibility index (Phi) is 5.04. The van der Waals surface area contributed by atoms with Gasteiger partial charge in [0.15, 0.2) is 0 Å². The zero-order valence-corrected chi connectivity index (χ0v) is 12.0. The summed E-state index contributed by atoms with van der Waals surface area (Å²) in [5.74, 6) is -1.08. The molecule has 3 N–H and O–H groups in total. The fourth-order valence-electron chi connectivity index (χ4n) is 1.28. The molecule has 0 unspecified atom stereocenters. The van der Waals surface area contributed by atoms with Crippen molar-refractivity contribution in [3.63, 3.8) is 0 Å². The normalized spacial score (nSPS) is 12.8. The third-order valence-corrected chi connectivity index (χ3v) is 3.72. The first-order valence-electron chi connectivity index (χ1n) is 5.83. The van der Waals surface area contributed by atoms with Crippen molar-refractivity contribution in [1.82, 2.24) is 4.72 Å². The third kappa shape index (κ3) is 5.52. The topological polar surface area (TPSA) is 104 Å². The molecule has 0 amide bonds. The van der Waals surface area contributed by atoms with Crippen LogP contribution in [0, 0.1) is 0 Å². The Morgan fingerprint density at radius 2 is 1.85 bits per heavy atom. The minimum absolute atomic E-state index is 0.0502. The maximum absolute atomic E-state index is 11.9. The first-order chi connectivity index (χ1) is 9.10. The summed E-state index contributed by atoms with van der Waals surface area (Å²) in [7, 11) is -3.69. The maximum Gasteiger partial charge on any atom is 0.328 e. The molecule has 1 aromatic rings. The summed E-state index contributed by atoms with van der Waals surface area (Å²) in [6.07, 6.45) is 2.33. The summed E-state index contributed by atoms with van der Waals surface area (Å²) in [4.78, 5) is 10.4. The van der Waals surface area contributed by atoms with Crippen LogP contribution in [0.5, 0.6) is 0 Å². The predicted octanol–water partition coefficient (Wildman–Crippen LogP) is 0.834. The fourth-order valence-corrected chi connectivity index (χ4v) is 2.48. The van der Waals surface area contributed by atoms with E-state index in [1.165, 1.54) is 44.2 Å². The summed E-state index contributed by atoms with van der Waals surface area (Å²) >= 11 is 0. The van der Waals surface area contributed by atoms with E-state index in [9.17, 15) is 18.3 Å². The smallest absolute Gasteiger partial charge is 0.328 e. The lowest BCUT2D eigenvalue weighted by molar-refractivity contribution is -0.131. The van der Waals surface area contributed by atoms with E-state index in [2.05, 4.69) is 4.72 Å². The lowest BCUT2D eigenvalue weighted by Crippen LogP contribution is -2.38. The number of aliphatic carboxylic acids is 1. The molecule has 0 saturated carbocycles. The minimum atomic E-state index is -3.69. The van der Waals surface area contributed by atoms with Crippen LogP contribution in [0.25, 0.3) is 6.08 Å². The van der Waals surface area contributed by atoms with E-state index in [0.717, 1.165) is 6.08 Å². The number of benzene rings is 1. The number of carboxylic acid groups (broad SMARTS) is 1. The SMILES string of the molecule is CC(C)(O)CNS(=O)(=O)c1ccc(C=CC(=O)O)cc1. The van der Waals surface area contributed by atoms with Gasteiger partial charge in [-0.1, -0.05) is 12.1 Å². The molecule has 7 heteroatoms. The predicted molar refractivity (Wildman–Crippen MR) is 74.6 cm³/mol. The van der Waals surface area contributed by atoms with Gasteiger partial charge in [0.25, 0.3) is 0 Å². The number of sulfonamides is 1. The summed E-state index contributed by atoms with van der Waals surface area (Å²) in [5.41, 5.74) is -0.564. The third-order valence-electron chi connectivity index (χ3n) is 2.30. The Labute approximate surface area is 117 Å². The van der Waals surface area contributed by atoms with Crippen molar-refractivity contribution in [2.75, 3.05) is 6.54 Å². The van der Waals surface area contributed by atoms with Crippen LogP contribution in [-0.4, -0.2) is 36.7 Å². The van der Waals surface area contributed by atoms with Gasteiger partial charge in [-0.15, -0.1) is 0 Å². The standard InChI is InChI=1S/C13H17NO5S/c1-13(2,17)9-14-20(18,19)11-6-3-10(4-7-11)5-8-12(15)16/h3-8,14,17H,9H2,1-2H3,(H,15,16). The summed E-state index contributed by atoms with van der Waals surface area (Å²) < 4.78 is 26.1. The molecule has 110 valence electrons. The van der Waals surface area contributed by atoms with Gasteiger partial charge in [-0.3, -0.25) is 0 Å². The van der Waals surface area contributed by atoms with Gasteiger partial charge < -0.3 is 10.2 Å². The number of rotatable bonds is 6. The van der Waals surface area contributed by atoms with Crippen LogP contribution in [-0.2, 0) is 14.8 Å². The number of nitrogens with one attached hydrogen (secondary N) is 1. The molecule has 0 aliphatic rings. The molecule has 0 fully saturated rings. The Morgan fingerprint density at radius 3 is 2.30 bits per heavy atom. The second-order valence-electron chi connectivity index (χ2n) is 4.88. The molecule has 0 atom stereocenters. The molecule has 0 aliphatic carbocycles. The monoisotopic (exact) mass is 299 g/mol. The number of carboxylic acids is 1. The van der Waals surface area contributed by atoms with E-state index >= 15 is 0 Å². The van der Waals surface area contributed by atoms with Crippen LogP contribution < -0.4 is 4.72 Å². The Bertz CT molecular complexity index is 597. The first kappa shape index (κ1) is 16.4. The molecule has 0 aliphatic heterocycles. The zero-order valence-electron chi connectivity index (χ0n) is 11.2.